The lowest BCUT2D eigenvalue weighted by Gasteiger charge is -2.52. The van der Waals surface area contributed by atoms with Gasteiger partial charge in [-0.05, 0) is 31.4 Å². The highest BCUT2D eigenvalue weighted by atomic mass is 19.4. The molecule has 0 atom stereocenters. The maximum atomic E-state index is 12.9. The first-order valence-electron chi connectivity index (χ1n) is 8.30. The molecule has 0 bridgehead atoms. The fourth-order valence-corrected chi connectivity index (χ4v) is 3.42. The van der Waals surface area contributed by atoms with Gasteiger partial charge in [-0.25, -0.2) is 0 Å². The van der Waals surface area contributed by atoms with E-state index in [2.05, 4.69) is 14.7 Å². The van der Waals surface area contributed by atoms with Crippen LogP contribution in [0.2, 0.25) is 0 Å². The minimum absolute atomic E-state index is 0.0938. The Morgan fingerprint density at radius 3 is 2.50 bits per heavy atom. The van der Waals surface area contributed by atoms with Gasteiger partial charge in [0, 0.05) is 17.7 Å². The second-order valence-electron chi connectivity index (χ2n) is 6.59. The van der Waals surface area contributed by atoms with Gasteiger partial charge in [-0.1, -0.05) is 17.3 Å². The molecule has 1 aliphatic heterocycles. The van der Waals surface area contributed by atoms with Crippen LogP contribution in [-0.4, -0.2) is 46.2 Å². The maximum Gasteiger partial charge on any atom is 0.471 e. The van der Waals surface area contributed by atoms with Gasteiger partial charge < -0.3 is 14.2 Å². The molecule has 26 heavy (non-hydrogen) atoms. The predicted octanol–water partition coefficient (Wildman–Crippen LogP) is 3.15. The first-order valence-corrected chi connectivity index (χ1v) is 8.30. The van der Waals surface area contributed by atoms with Crippen molar-refractivity contribution in [2.75, 3.05) is 19.8 Å². The van der Waals surface area contributed by atoms with Gasteiger partial charge in [-0.3, -0.25) is 4.79 Å². The van der Waals surface area contributed by atoms with E-state index in [0.29, 0.717) is 30.9 Å². The molecule has 1 amide bonds. The van der Waals surface area contributed by atoms with Crippen LogP contribution in [0.15, 0.2) is 28.8 Å². The first kappa shape index (κ1) is 17.0. The number of carbonyl (C=O) groups excluding carboxylic acids is 1. The van der Waals surface area contributed by atoms with Gasteiger partial charge in [-0.15, -0.1) is 0 Å². The topological polar surface area (TPSA) is 68.5 Å². The van der Waals surface area contributed by atoms with E-state index in [1.165, 1.54) is 12.1 Å². The lowest BCUT2D eigenvalue weighted by molar-refractivity contribution is -0.159. The summed E-state index contributed by atoms with van der Waals surface area (Å²) in [4.78, 5) is 18.1. The average Bonchev–Trinajstić information content (AvgIpc) is 3.10. The molecule has 1 aromatic carbocycles. The van der Waals surface area contributed by atoms with E-state index in [1.54, 1.807) is 12.1 Å². The molecule has 138 valence electrons. The molecule has 1 aromatic heterocycles. The van der Waals surface area contributed by atoms with Gasteiger partial charge in [-0.2, -0.15) is 18.2 Å². The van der Waals surface area contributed by atoms with Crippen LogP contribution < -0.4 is 0 Å². The maximum absolute atomic E-state index is 12.9. The molecule has 6 nitrogen and oxygen atoms in total. The number of halogens is 3. The van der Waals surface area contributed by atoms with Crippen LogP contribution in [0.5, 0.6) is 0 Å². The van der Waals surface area contributed by atoms with E-state index < -0.39 is 12.1 Å². The molecule has 0 radical (unpaired) electrons. The highest BCUT2D eigenvalue weighted by molar-refractivity contribution is 5.95. The number of aromatic nitrogens is 2. The zero-order chi connectivity index (χ0) is 18.4. The number of morpholine rings is 1. The molecule has 4 rings (SSSR count). The Morgan fingerprint density at radius 1 is 1.19 bits per heavy atom. The van der Waals surface area contributed by atoms with Crippen LogP contribution in [0.25, 0.3) is 11.4 Å². The smallest absolute Gasteiger partial charge is 0.377 e. The van der Waals surface area contributed by atoms with E-state index >= 15 is 0 Å². The minimum atomic E-state index is -4.69. The zero-order valence-corrected chi connectivity index (χ0v) is 13.8. The zero-order valence-electron chi connectivity index (χ0n) is 13.8. The van der Waals surface area contributed by atoms with E-state index in [4.69, 9.17) is 4.74 Å². The summed E-state index contributed by atoms with van der Waals surface area (Å²) < 4.78 is 47.4. The lowest BCUT2D eigenvalue weighted by atomic mass is 9.75. The molecule has 0 N–H and O–H groups in total. The van der Waals surface area contributed by atoms with E-state index in [0.717, 1.165) is 19.3 Å². The Bertz CT molecular complexity index is 813. The Labute approximate surface area is 146 Å². The van der Waals surface area contributed by atoms with Crippen LogP contribution in [0.4, 0.5) is 13.2 Å². The number of benzene rings is 1. The molecule has 2 aliphatic rings. The van der Waals surface area contributed by atoms with Gasteiger partial charge in [0.05, 0.1) is 18.8 Å². The summed E-state index contributed by atoms with van der Waals surface area (Å²) >= 11 is 0. The van der Waals surface area contributed by atoms with Gasteiger partial charge in [0.2, 0.25) is 5.82 Å². The van der Waals surface area contributed by atoms with E-state index in [-0.39, 0.29) is 17.3 Å². The Balaban J connectivity index is 1.54. The Hall–Kier alpha value is -2.42. The van der Waals surface area contributed by atoms with Crippen molar-refractivity contribution >= 4 is 5.91 Å². The fourth-order valence-electron chi connectivity index (χ4n) is 3.42. The summed E-state index contributed by atoms with van der Waals surface area (Å²) in [5.41, 5.74) is 0.617. The van der Waals surface area contributed by atoms with Gasteiger partial charge >= 0.3 is 12.1 Å². The summed E-state index contributed by atoms with van der Waals surface area (Å²) in [6, 6.07) is 6.19. The Morgan fingerprint density at radius 2 is 1.92 bits per heavy atom. The number of alkyl halides is 3. The molecule has 2 heterocycles. The standard InChI is InChI=1S/C17H16F3N3O3/c18-17(19,20)15-21-13(22-26-15)11-2-4-12(5-3-11)14(24)23-8-9-25-10-16(23)6-1-7-16/h2-5H,1,6-10H2. The summed E-state index contributed by atoms with van der Waals surface area (Å²) in [7, 11) is 0. The number of hydrogen-bond acceptors (Lipinski definition) is 5. The largest absolute Gasteiger partial charge is 0.471 e. The first-order chi connectivity index (χ1) is 12.4. The van der Waals surface area contributed by atoms with Crippen LogP contribution in [0.1, 0.15) is 35.5 Å². The Kier molecular flexibility index (Phi) is 3.98. The third kappa shape index (κ3) is 2.86. The number of nitrogens with zero attached hydrogens (tertiary/aromatic N) is 3. The van der Waals surface area contributed by atoms with Crippen LogP contribution >= 0.6 is 0 Å². The van der Waals surface area contributed by atoms with Crippen molar-refractivity contribution in [1.29, 1.82) is 0 Å². The lowest BCUT2D eigenvalue weighted by Crippen LogP contribution is -2.62. The van der Waals surface area contributed by atoms with Crippen LogP contribution in [-0.2, 0) is 10.9 Å². The van der Waals surface area contributed by atoms with Gasteiger partial charge in [0.1, 0.15) is 0 Å². The van der Waals surface area contributed by atoms with Crippen LogP contribution in [0, 0.1) is 0 Å². The van der Waals surface area contributed by atoms with Gasteiger partial charge in [0.25, 0.3) is 5.91 Å². The molecule has 1 aliphatic carbocycles. The third-order valence-corrected chi connectivity index (χ3v) is 4.99. The highest BCUT2D eigenvalue weighted by Gasteiger charge is 2.47. The molecule has 1 saturated heterocycles. The number of ether oxygens (including phenoxy) is 1. The molecule has 1 spiro atoms. The van der Waals surface area contributed by atoms with Crippen molar-refractivity contribution in [3.63, 3.8) is 0 Å². The van der Waals surface area contributed by atoms with E-state index in [9.17, 15) is 18.0 Å². The quantitative estimate of drug-likeness (QED) is 0.816. The second kappa shape index (κ2) is 6.08. The van der Waals surface area contributed by atoms with Crippen LogP contribution in [0.3, 0.4) is 0 Å². The van der Waals surface area contributed by atoms with Crippen molar-refractivity contribution in [1.82, 2.24) is 15.0 Å². The normalized spacial score (nSPS) is 19.4. The van der Waals surface area contributed by atoms with Crippen molar-refractivity contribution in [3.8, 4) is 11.4 Å². The SMILES string of the molecule is O=C(c1ccc(-c2noc(C(F)(F)F)n2)cc1)N1CCOCC12CCC2. The molecule has 2 fully saturated rings. The molecular weight excluding hydrogens is 351 g/mol. The van der Waals surface area contributed by atoms with E-state index in [1.807, 2.05) is 4.90 Å². The fraction of sp³-hybridized carbons (Fsp3) is 0.471. The van der Waals surface area contributed by atoms with Crippen molar-refractivity contribution in [2.45, 2.75) is 31.0 Å². The monoisotopic (exact) mass is 367 g/mol. The summed E-state index contributed by atoms with van der Waals surface area (Å²) in [6.07, 6.45) is -1.75. The molecule has 9 heteroatoms. The summed E-state index contributed by atoms with van der Waals surface area (Å²) in [6.45, 7) is 1.61. The molecule has 0 unspecified atom stereocenters. The number of hydrogen-bond donors (Lipinski definition) is 0. The summed E-state index contributed by atoms with van der Waals surface area (Å²) in [5.74, 6) is -1.66. The molecular formula is C17H16F3N3O3. The number of amides is 1. The summed E-state index contributed by atoms with van der Waals surface area (Å²) in [5, 5.41) is 3.34. The van der Waals surface area contributed by atoms with Crippen molar-refractivity contribution in [2.24, 2.45) is 0 Å². The number of carbonyl (C=O) groups is 1. The third-order valence-electron chi connectivity index (χ3n) is 4.99. The minimum Gasteiger partial charge on any atom is -0.377 e. The highest BCUT2D eigenvalue weighted by Crippen LogP contribution is 2.40. The number of rotatable bonds is 2. The molecule has 1 saturated carbocycles. The second-order valence-corrected chi connectivity index (χ2v) is 6.59. The van der Waals surface area contributed by atoms with Crippen molar-refractivity contribution in [3.05, 3.63) is 35.7 Å². The van der Waals surface area contributed by atoms with Crippen molar-refractivity contribution < 1.29 is 27.2 Å². The predicted molar refractivity (Wildman–Crippen MR) is 83.2 cm³/mol. The van der Waals surface area contributed by atoms with Gasteiger partial charge in [0.15, 0.2) is 0 Å². The average molecular weight is 367 g/mol. The molecule has 2 aromatic rings.